The van der Waals surface area contributed by atoms with Crippen LogP contribution in [0.3, 0.4) is 0 Å². The van der Waals surface area contributed by atoms with E-state index >= 15 is 0 Å². The number of azo groups is 1. The lowest BCUT2D eigenvalue weighted by atomic mass is 10.1. The summed E-state index contributed by atoms with van der Waals surface area (Å²) >= 11 is 0. The Kier molecular flexibility index (Phi) is 3.35. The van der Waals surface area contributed by atoms with Gasteiger partial charge in [0, 0.05) is 10.8 Å². The molecule has 24 heavy (non-hydrogen) atoms. The minimum Gasteiger partial charge on any atom is -0.396 e. The van der Waals surface area contributed by atoms with Crippen LogP contribution >= 0.6 is 0 Å². The van der Waals surface area contributed by atoms with E-state index in [0.29, 0.717) is 22.7 Å². The number of nitrogen functional groups attached to an aromatic ring is 2. The Labute approximate surface area is 139 Å². The lowest BCUT2D eigenvalue weighted by molar-refractivity contribution is 1.24. The molecule has 0 aliphatic carbocycles. The molecule has 116 valence electrons. The summed E-state index contributed by atoms with van der Waals surface area (Å²) in [5.41, 5.74) is 15.0. The third kappa shape index (κ3) is 2.34. The highest BCUT2D eigenvalue weighted by molar-refractivity contribution is 5.99. The molecular weight excluding hydrogens is 296 g/mol. The zero-order valence-electron chi connectivity index (χ0n) is 13.0. The van der Waals surface area contributed by atoms with E-state index in [4.69, 9.17) is 11.5 Å². The van der Waals surface area contributed by atoms with Gasteiger partial charge < -0.3 is 11.5 Å². The number of hydrogen-bond acceptors (Lipinski definition) is 4. The van der Waals surface area contributed by atoms with Crippen molar-refractivity contribution in [1.29, 1.82) is 0 Å². The van der Waals surface area contributed by atoms with Gasteiger partial charge in [-0.05, 0) is 22.9 Å². The molecule has 0 saturated heterocycles. The molecular formula is C20H16N4. The fourth-order valence-corrected chi connectivity index (χ4v) is 2.85. The van der Waals surface area contributed by atoms with E-state index in [-0.39, 0.29) is 0 Å². The molecule has 0 spiro atoms. The summed E-state index contributed by atoms with van der Waals surface area (Å²) < 4.78 is 0. The Morgan fingerprint density at radius 3 is 1.38 bits per heavy atom. The molecule has 0 aromatic heterocycles. The van der Waals surface area contributed by atoms with Crippen LogP contribution in [0.4, 0.5) is 22.7 Å². The predicted molar refractivity (Wildman–Crippen MR) is 101 cm³/mol. The number of nitrogens with zero attached hydrogens (tertiary/aromatic N) is 2. The fraction of sp³-hybridized carbons (Fsp3) is 0. The second kappa shape index (κ2) is 5.66. The van der Waals surface area contributed by atoms with Crippen molar-refractivity contribution in [3.63, 3.8) is 0 Å². The minimum atomic E-state index is 0.621. The van der Waals surface area contributed by atoms with Crippen LogP contribution in [0.5, 0.6) is 0 Å². The van der Waals surface area contributed by atoms with E-state index in [1.165, 1.54) is 0 Å². The van der Waals surface area contributed by atoms with E-state index < -0.39 is 0 Å². The smallest absolute Gasteiger partial charge is 0.109 e. The average molecular weight is 312 g/mol. The molecule has 4 heteroatoms. The van der Waals surface area contributed by atoms with Gasteiger partial charge in [0.1, 0.15) is 11.4 Å². The molecule has 0 heterocycles. The number of hydrogen-bond donors (Lipinski definition) is 2. The van der Waals surface area contributed by atoms with Crippen molar-refractivity contribution in [3.05, 3.63) is 72.8 Å². The Balaban J connectivity index is 1.78. The lowest BCUT2D eigenvalue weighted by Gasteiger charge is -2.06. The maximum Gasteiger partial charge on any atom is 0.109 e. The Morgan fingerprint density at radius 2 is 0.917 bits per heavy atom. The van der Waals surface area contributed by atoms with Crippen LogP contribution in [-0.4, -0.2) is 0 Å². The van der Waals surface area contributed by atoms with E-state index in [1.54, 1.807) is 0 Å². The maximum absolute atomic E-state index is 6.23. The topological polar surface area (TPSA) is 76.8 Å². The van der Waals surface area contributed by atoms with Crippen molar-refractivity contribution in [2.45, 2.75) is 0 Å². The second-order valence-corrected chi connectivity index (χ2v) is 5.64. The van der Waals surface area contributed by atoms with Crippen molar-refractivity contribution in [2.24, 2.45) is 10.2 Å². The van der Waals surface area contributed by atoms with Gasteiger partial charge in [-0.3, -0.25) is 0 Å². The molecule has 0 bridgehead atoms. The molecule has 0 radical (unpaired) electrons. The minimum absolute atomic E-state index is 0.621. The van der Waals surface area contributed by atoms with Crippen molar-refractivity contribution < 1.29 is 0 Å². The van der Waals surface area contributed by atoms with Crippen LogP contribution in [-0.2, 0) is 0 Å². The monoisotopic (exact) mass is 312 g/mol. The molecule has 4 aromatic carbocycles. The normalized spacial score (nSPS) is 11.5. The van der Waals surface area contributed by atoms with Crippen LogP contribution in [0.2, 0.25) is 0 Å². The Morgan fingerprint density at radius 1 is 0.500 bits per heavy atom. The van der Waals surface area contributed by atoms with Gasteiger partial charge in [-0.2, -0.15) is 0 Å². The van der Waals surface area contributed by atoms with E-state index in [2.05, 4.69) is 10.2 Å². The third-order valence-electron chi connectivity index (χ3n) is 4.16. The van der Waals surface area contributed by atoms with Gasteiger partial charge in [0.2, 0.25) is 0 Å². The SMILES string of the molecule is Nc1c(N=Nc2ccc3ccccc3c2N)ccc2ccccc12. The largest absolute Gasteiger partial charge is 0.396 e. The molecule has 4 N–H and O–H groups in total. The zero-order valence-corrected chi connectivity index (χ0v) is 13.0. The molecule has 0 unspecified atom stereocenters. The maximum atomic E-state index is 6.23. The van der Waals surface area contributed by atoms with E-state index in [9.17, 15) is 0 Å². The number of rotatable bonds is 2. The van der Waals surface area contributed by atoms with Crippen molar-refractivity contribution >= 4 is 44.3 Å². The summed E-state index contributed by atoms with van der Waals surface area (Å²) in [7, 11) is 0. The fourth-order valence-electron chi connectivity index (χ4n) is 2.85. The molecule has 0 atom stereocenters. The van der Waals surface area contributed by atoms with Gasteiger partial charge in [-0.25, -0.2) is 0 Å². The van der Waals surface area contributed by atoms with Gasteiger partial charge in [0.05, 0.1) is 11.4 Å². The van der Waals surface area contributed by atoms with Gasteiger partial charge in [0.15, 0.2) is 0 Å². The summed E-state index contributed by atoms with van der Waals surface area (Å²) in [5.74, 6) is 0. The lowest BCUT2D eigenvalue weighted by Crippen LogP contribution is -1.88. The van der Waals surface area contributed by atoms with Crippen LogP contribution in [0.1, 0.15) is 0 Å². The summed E-state index contributed by atoms with van der Waals surface area (Å²) in [5, 5.41) is 12.7. The Hall–Kier alpha value is -3.40. The quantitative estimate of drug-likeness (QED) is 0.375. The highest BCUT2D eigenvalue weighted by atomic mass is 15.1. The first-order valence-corrected chi connectivity index (χ1v) is 7.70. The summed E-state index contributed by atoms with van der Waals surface area (Å²) in [6, 6.07) is 23.6. The Bertz CT molecular complexity index is 996. The summed E-state index contributed by atoms with van der Waals surface area (Å²) in [6.07, 6.45) is 0. The van der Waals surface area contributed by atoms with Crippen LogP contribution in [0.25, 0.3) is 21.5 Å². The molecule has 4 aromatic rings. The number of nitrogens with two attached hydrogens (primary N) is 2. The van der Waals surface area contributed by atoms with Gasteiger partial charge in [-0.15, -0.1) is 10.2 Å². The number of fused-ring (bicyclic) bond motifs is 2. The van der Waals surface area contributed by atoms with Crippen molar-refractivity contribution in [3.8, 4) is 0 Å². The third-order valence-corrected chi connectivity index (χ3v) is 4.16. The highest BCUT2D eigenvalue weighted by Crippen LogP contribution is 2.35. The molecule has 0 fully saturated rings. The van der Waals surface area contributed by atoms with Crippen molar-refractivity contribution in [2.75, 3.05) is 11.5 Å². The first kappa shape index (κ1) is 14.2. The van der Waals surface area contributed by atoms with Crippen LogP contribution in [0, 0.1) is 0 Å². The number of benzene rings is 4. The number of anilines is 2. The van der Waals surface area contributed by atoms with Crippen LogP contribution < -0.4 is 11.5 Å². The van der Waals surface area contributed by atoms with E-state index in [1.807, 2.05) is 72.8 Å². The standard InChI is InChI=1S/C20H16N4/c21-19-15-7-3-1-5-13(15)9-11-17(19)23-24-18-12-10-14-6-2-4-8-16(14)20(18)22/h1-12H,21-22H2. The first-order chi connectivity index (χ1) is 11.7. The second-order valence-electron chi connectivity index (χ2n) is 5.64. The average Bonchev–Trinajstić information content (AvgIpc) is 2.63. The van der Waals surface area contributed by atoms with Gasteiger partial charge in [0.25, 0.3) is 0 Å². The molecule has 4 rings (SSSR count). The van der Waals surface area contributed by atoms with Crippen molar-refractivity contribution in [1.82, 2.24) is 0 Å². The molecule has 4 nitrogen and oxygen atoms in total. The molecule has 0 saturated carbocycles. The van der Waals surface area contributed by atoms with Gasteiger partial charge in [-0.1, -0.05) is 60.7 Å². The highest BCUT2D eigenvalue weighted by Gasteiger charge is 2.05. The predicted octanol–water partition coefficient (Wildman–Crippen LogP) is 5.57. The first-order valence-electron chi connectivity index (χ1n) is 7.70. The molecule has 0 aliphatic heterocycles. The zero-order chi connectivity index (χ0) is 16.5. The molecule has 0 aliphatic rings. The molecule has 0 amide bonds. The summed E-state index contributed by atoms with van der Waals surface area (Å²) in [6.45, 7) is 0. The summed E-state index contributed by atoms with van der Waals surface area (Å²) in [4.78, 5) is 0. The van der Waals surface area contributed by atoms with Crippen LogP contribution in [0.15, 0.2) is 83.0 Å². The van der Waals surface area contributed by atoms with E-state index in [0.717, 1.165) is 21.5 Å². The van der Waals surface area contributed by atoms with Gasteiger partial charge >= 0.3 is 0 Å².